The number of halogens is 1. The van der Waals surface area contributed by atoms with Crippen LogP contribution in [0, 0.1) is 3.83 Å². The molecule has 4 heteroatoms. The van der Waals surface area contributed by atoms with Gasteiger partial charge in [-0.3, -0.25) is 4.68 Å². The second kappa shape index (κ2) is 2.64. The number of hydrogen-bond donors (Lipinski definition) is 0. The molecule has 0 saturated carbocycles. The SMILES string of the molecule is CCc1nc(I)nn1C. The second-order valence-electron chi connectivity index (χ2n) is 1.77. The van der Waals surface area contributed by atoms with Crippen LogP contribution in [0.2, 0.25) is 0 Å². The molecule has 50 valence electrons. The normalized spacial score (nSPS) is 10.1. The van der Waals surface area contributed by atoms with Gasteiger partial charge >= 0.3 is 0 Å². The lowest BCUT2D eigenvalue weighted by Gasteiger charge is -1.90. The smallest absolute Gasteiger partial charge is 0.211 e. The largest absolute Gasteiger partial charge is 0.252 e. The van der Waals surface area contributed by atoms with Gasteiger partial charge in [0.05, 0.1) is 0 Å². The molecule has 0 radical (unpaired) electrons. The summed E-state index contributed by atoms with van der Waals surface area (Å²) in [6, 6.07) is 0. The van der Waals surface area contributed by atoms with E-state index in [0.717, 1.165) is 16.1 Å². The Bertz CT molecular complexity index is 206. The standard InChI is InChI=1S/C5H8IN3/c1-3-4-7-5(6)8-9(4)2/h3H2,1-2H3. The van der Waals surface area contributed by atoms with Crippen LogP contribution >= 0.6 is 22.6 Å². The molecule has 1 aromatic rings. The van der Waals surface area contributed by atoms with Gasteiger partial charge in [0, 0.05) is 36.1 Å². The minimum atomic E-state index is 0.826. The molecular formula is C5H8IN3. The van der Waals surface area contributed by atoms with Crippen LogP contribution < -0.4 is 0 Å². The first-order chi connectivity index (χ1) is 4.24. The minimum Gasteiger partial charge on any atom is -0.252 e. The summed E-state index contributed by atoms with van der Waals surface area (Å²) >= 11 is 2.11. The van der Waals surface area contributed by atoms with Crippen LogP contribution in [0.25, 0.3) is 0 Å². The third-order valence-electron chi connectivity index (χ3n) is 1.14. The first-order valence-corrected chi connectivity index (χ1v) is 3.87. The van der Waals surface area contributed by atoms with Crippen molar-refractivity contribution in [3.63, 3.8) is 0 Å². The minimum absolute atomic E-state index is 0.826. The van der Waals surface area contributed by atoms with E-state index in [0.29, 0.717) is 0 Å². The van der Waals surface area contributed by atoms with Gasteiger partial charge in [-0.25, -0.2) is 4.98 Å². The molecule has 1 rings (SSSR count). The second-order valence-corrected chi connectivity index (χ2v) is 2.74. The highest BCUT2D eigenvalue weighted by molar-refractivity contribution is 14.1. The van der Waals surface area contributed by atoms with Crippen molar-refractivity contribution in [3.8, 4) is 0 Å². The van der Waals surface area contributed by atoms with Crippen molar-refractivity contribution in [3.05, 3.63) is 9.66 Å². The lowest BCUT2D eigenvalue weighted by Crippen LogP contribution is -1.96. The Morgan fingerprint density at radius 2 is 2.33 bits per heavy atom. The third-order valence-corrected chi connectivity index (χ3v) is 1.60. The highest BCUT2D eigenvalue weighted by Crippen LogP contribution is 1.99. The van der Waals surface area contributed by atoms with Gasteiger partial charge in [0.1, 0.15) is 5.82 Å². The molecule has 0 unspecified atom stereocenters. The van der Waals surface area contributed by atoms with E-state index in [9.17, 15) is 0 Å². The molecule has 0 bridgehead atoms. The van der Waals surface area contributed by atoms with Gasteiger partial charge in [0.2, 0.25) is 3.83 Å². The molecule has 0 aliphatic carbocycles. The molecule has 0 aliphatic heterocycles. The molecule has 0 aromatic carbocycles. The van der Waals surface area contributed by atoms with Crippen molar-refractivity contribution in [2.24, 2.45) is 7.05 Å². The molecule has 1 heterocycles. The van der Waals surface area contributed by atoms with E-state index in [4.69, 9.17) is 0 Å². The van der Waals surface area contributed by atoms with Gasteiger partial charge < -0.3 is 0 Å². The summed E-state index contributed by atoms with van der Waals surface area (Å²) in [6.45, 7) is 2.07. The van der Waals surface area contributed by atoms with Gasteiger partial charge in [0.25, 0.3) is 0 Å². The Hall–Kier alpha value is -0.130. The number of aromatic nitrogens is 3. The predicted octanol–water partition coefficient (Wildman–Crippen LogP) is 0.982. The van der Waals surface area contributed by atoms with E-state index in [2.05, 4.69) is 39.6 Å². The fourth-order valence-electron chi connectivity index (χ4n) is 0.691. The van der Waals surface area contributed by atoms with Crippen LogP contribution in [-0.4, -0.2) is 14.8 Å². The molecule has 0 fully saturated rings. The quantitative estimate of drug-likeness (QED) is 0.681. The van der Waals surface area contributed by atoms with E-state index in [-0.39, 0.29) is 0 Å². The van der Waals surface area contributed by atoms with E-state index < -0.39 is 0 Å². The maximum Gasteiger partial charge on any atom is 0.211 e. The van der Waals surface area contributed by atoms with Crippen LogP contribution in [0.4, 0.5) is 0 Å². The van der Waals surface area contributed by atoms with Crippen molar-refractivity contribution in [1.82, 2.24) is 14.8 Å². The van der Waals surface area contributed by atoms with Crippen LogP contribution in [0.3, 0.4) is 0 Å². The van der Waals surface area contributed by atoms with Crippen molar-refractivity contribution in [1.29, 1.82) is 0 Å². The monoisotopic (exact) mass is 237 g/mol. The zero-order valence-electron chi connectivity index (χ0n) is 5.43. The molecule has 0 spiro atoms. The lowest BCUT2D eigenvalue weighted by molar-refractivity contribution is 0.706. The summed E-state index contributed by atoms with van der Waals surface area (Å²) in [5, 5.41) is 4.07. The number of nitrogens with zero attached hydrogens (tertiary/aromatic N) is 3. The van der Waals surface area contributed by atoms with Gasteiger partial charge in [-0.15, -0.1) is 5.10 Å². The van der Waals surface area contributed by atoms with E-state index in [1.807, 2.05) is 11.7 Å². The first kappa shape index (κ1) is 6.98. The van der Waals surface area contributed by atoms with Crippen LogP contribution in [0.1, 0.15) is 12.7 Å². The first-order valence-electron chi connectivity index (χ1n) is 2.79. The molecule has 3 nitrogen and oxygen atoms in total. The van der Waals surface area contributed by atoms with E-state index >= 15 is 0 Å². The third kappa shape index (κ3) is 1.41. The van der Waals surface area contributed by atoms with Crippen molar-refractivity contribution < 1.29 is 0 Å². The predicted molar refractivity (Wildman–Crippen MR) is 43.1 cm³/mol. The molecular weight excluding hydrogens is 229 g/mol. The van der Waals surface area contributed by atoms with Gasteiger partial charge in [-0.05, 0) is 0 Å². The summed E-state index contributed by atoms with van der Waals surface area (Å²) in [4.78, 5) is 4.17. The maximum absolute atomic E-state index is 4.17. The molecule has 0 saturated heterocycles. The fraction of sp³-hybridized carbons (Fsp3) is 0.600. The summed E-state index contributed by atoms with van der Waals surface area (Å²) in [5.41, 5.74) is 0. The van der Waals surface area contributed by atoms with Crippen molar-refractivity contribution >= 4 is 22.6 Å². The average molecular weight is 237 g/mol. The number of hydrogen-bond acceptors (Lipinski definition) is 2. The number of rotatable bonds is 1. The van der Waals surface area contributed by atoms with Gasteiger partial charge in [0.15, 0.2) is 0 Å². The van der Waals surface area contributed by atoms with Gasteiger partial charge in [-0.2, -0.15) is 0 Å². The summed E-state index contributed by atoms with van der Waals surface area (Å²) in [5.74, 6) is 1.04. The fourth-order valence-corrected chi connectivity index (χ4v) is 1.29. The molecule has 0 aliphatic rings. The zero-order chi connectivity index (χ0) is 6.85. The Morgan fingerprint density at radius 1 is 1.67 bits per heavy atom. The maximum atomic E-state index is 4.17. The van der Waals surface area contributed by atoms with Crippen LogP contribution in [-0.2, 0) is 13.5 Å². The Balaban J connectivity index is 3.01. The average Bonchev–Trinajstić information content (AvgIpc) is 2.10. The summed E-state index contributed by atoms with van der Waals surface area (Å²) < 4.78 is 2.63. The van der Waals surface area contributed by atoms with Crippen LogP contribution in [0.15, 0.2) is 0 Å². The Labute approximate surface area is 67.6 Å². The zero-order valence-corrected chi connectivity index (χ0v) is 7.58. The molecule has 0 N–H and O–H groups in total. The lowest BCUT2D eigenvalue weighted by atomic mass is 10.5. The highest BCUT2D eigenvalue weighted by Gasteiger charge is 1.99. The molecule has 1 aromatic heterocycles. The summed E-state index contributed by atoms with van der Waals surface area (Å²) in [6.07, 6.45) is 0.951. The van der Waals surface area contributed by atoms with Gasteiger partial charge in [-0.1, -0.05) is 6.92 Å². The van der Waals surface area contributed by atoms with E-state index in [1.165, 1.54) is 0 Å². The summed E-state index contributed by atoms with van der Waals surface area (Å²) in [7, 11) is 1.91. The van der Waals surface area contributed by atoms with Crippen molar-refractivity contribution in [2.75, 3.05) is 0 Å². The molecule has 9 heavy (non-hydrogen) atoms. The Kier molecular flexibility index (Phi) is 2.05. The number of aryl methyl sites for hydroxylation is 2. The molecule has 0 atom stereocenters. The highest BCUT2D eigenvalue weighted by atomic mass is 127. The molecule has 0 amide bonds. The Morgan fingerprint density at radius 3 is 2.56 bits per heavy atom. The van der Waals surface area contributed by atoms with Crippen LogP contribution in [0.5, 0.6) is 0 Å². The van der Waals surface area contributed by atoms with Crippen molar-refractivity contribution in [2.45, 2.75) is 13.3 Å². The topological polar surface area (TPSA) is 30.7 Å². The van der Waals surface area contributed by atoms with E-state index in [1.54, 1.807) is 0 Å².